The Morgan fingerprint density at radius 2 is 2.22 bits per heavy atom. The predicted octanol–water partition coefficient (Wildman–Crippen LogP) is 0.780. The molecule has 0 fully saturated rings. The topological polar surface area (TPSA) is 84.4 Å². The van der Waals surface area contributed by atoms with Crippen LogP contribution in [0.15, 0.2) is 24.5 Å². The van der Waals surface area contributed by atoms with Crippen molar-refractivity contribution in [1.82, 2.24) is 34.3 Å². The average molecular weight is 313 g/mol. The van der Waals surface area contributed by atoms with E-state index in [-0.39, 0.29) is 0 Å². The molecule has 23 heavy (non-hydrogen) atoms. The molecule has 0 bridgehead atoms. The van der Waals surface area contributed by atoms with Crippen molar-refractivity contribution in [3.63, 3.8) is 0 Å². The molecule has 8 nitrogen and oxygen atoms in total. The van der Waals surface area contributed by atoms with Crippen LogP contribution in [-0.4, -0.2) is 45.9 Å². The first kappa shape index (κ1) is 14.3. The van der Waals surface area contributed by atoms with Crippen LogP contribution in [0.4, 0.5) is 0 Å². The Kier molecular flexibility index (Phi) is 3.55. The van der Waals surface area contributed by atoms with E-state index in [4.69, 9.17) is 0 Å². The van der Waals surface area contributed by atoms with E-state index >= 15 is 0 Å². The van der Waals surface area contributed by atoms with Gasteiger partial charge in [-0.2, -0.15) is 10.1 Å². The maximum absolute atomic E-state index is 9.71. The first-order valence-corrected chi connectivity index (χ1v) is 7.82. The Bertz CT molecular complexity index is 789. The molecule has 1 unspecified atom stereocenters. The third-order valence-electron chi connectivity index (χ3n) is 4.07. The van der Waals surface area contributed by atoms with Crippen molar-refractivity contribution < 1.29 is 5.11 Å². The first-order chi connectivity index (χ1) is 11.2. The van der Waals surface area contributed by atoms with E-state index < -0.39 is 6.10 Å². The summed E-state index contributed by atoms with van der Waals surface area (Å²) in [5, 5.41) is 18.7. The van der Waals surface area contributed by atoms with Crippen molar-refractivity contribution in [2.75, 3.05) is 6.54 Å². The molecule has 1 aliphatic heterocycles. The maximum atomic E-state index is 9.71. The number of aryl methyl sites for hydroxylation is 1. The Morgan fingerprint density at radius 1 is 1.30 bits per heavy atom. The van der Waals surface area contributed by atoms with E-state index in [1.807, 2.05) is 23.0 Å². The van der Waals surface area contributed by atoms with Crippen LogP contribution in [0.1, 0.15) is 36.7 Å². The highest BCUT2D eigenvalue weighted by Gasteiger charge is 2.19. The van der Waals surface area contributed by atoms with Gasteiger partial charge in [0, 0.05) is 32.0 Å². The molecule has 4 rings (SSSR count). The van der Waals surface area contributed by atoms with Crippen molar-refractivity contribution in [2.45, 2.75) is 39.1 Å². The fourth-order valence-corrected chi connectivity index (χ4v) is 2.93. The second-order valence-corrected chi connectivity index (χ2v) is 5.92. The van der Waals surface area contributed by atoms with Crippen LogP contribution in [0.2, 0.25) is 0 Å². The zero-order valence-corrected chi connectivity index (χ0v) is 13.0. The monoisotopic (exact) mass is 313 g/mol. The van der Waals surface area contributed by atoms with Gasteiger partial charge in [0.2, 0.25) is 0 Å². The third kappa shape index (κ3) is 2.82. The van der Waals surface area contributed by atoms with Crippen LogP contribution in [-0.2, 0) is 19.6 Å². The lowest BCUT2D eigenvalue weighted by atomic mass is 10.2. The minimum Gasteiger partial charge on any atom is -0.387 e. The van der Waals surface area contributed by atoms with Gasteiger partial charge >= 0.3 is 0 Å². The Balaban J connectivity index is 1.54. The van der Waals surface area contributed by atoms with Gasteiger partial charge < -0.3 is 5.11 Å². The number of aliphatic hydroxyl groups excluding tert-OH is 1. The zero-order chi connectivity index (χ0) is 15.8. The molecule has 0 aliphatic carbocycles. The summed E-state index contributed by atoms with van der Waals surface area (Å²) >= 11 is 0. The summed E-state index contributed by atoms with van der Waals surface area (Å²) in [4.78, 5) is 11.0. The van der Waals surface area contributed by atoms with Gasteiger partial charge in [0.1, 0.15) is 0 Å². The van der Waals surface area contributed by atoms with Gasteiger partial charge in [0.05, 0.1) is 24.0 Å². The highest BCUT2D eigenvalue weighted by Crippen LogP contribution is 2.18. The van der Waals surface area contributed by atoms with Crippen molar-refractivity contribution in [2.24, 2.45) is 0 Å². The number of rotatable bonds is 3. The lowest BCUT2D eigenvalue weighted by molar-refractivity contribution is 0.193. The standard InChI is InChI=1S/C15H19N7O/c1-11(23)13-8-12-9-20(5-3-7-21(12)18-13)10-14-17-15-16-4-2-6-22(15)19-14/h2,4,6,8,11,23H,3,5,7,9-10H2,1H3. The summed E-state index contributed by atoms with van der Waals surface area (Å²) in [5.74, 6) is 1.39. The van der Waals surface area contributed by atoms with Gasteiger partial charge in [-0.25, -0.2) is 9.50 Å². The molecule has 8 heteroatoms. The molecule has 120 valence electrons. The SMILES string of the molecule is CC(O)c1cc2n(n1)CCCN(Cc1nc3ncccn3n1)C2. The zero-order valence-electron chi connectivity index (χ0n) is 13.0. The summed E-state index contributed by atoms with van der Waals surface area (Å²) in [6.45, 7) is 5.05. The summed E-state index contributed by atoms with van der Waals surface area (Å²) in [5.41, 5.74) is 1.86. The van der Waals surface area contributed by atoms with E-state index in [0.29, 0.717) is 12.3 Å². The number of hydrogen-bond acceptors (Lipinski definition) is 6. The van der Waals surface area contributed by atoms with E-state index in [1.165, 1.54) is 0 Å². The lowest BCUT2D eigenvalue weighted by Gasteiger charge is -2.17. The first-order valence-electron chi connectivity index (χ1n) is 7.82. The molecular formula is C15H19N7O. The second-order valence-electron chi connectivity index (χ2n) is 5.92. The minimum atomic E-state index is -0.533. The highest BCUT2D eigenvalue weighted by atomic mass is 16.3. The normalized spacial score (nSPS) is 17.1. The van der Waals surface area contributed by atoms with Crippen LogP contribution in [0.3, 0.4) is 0 Å². The van der Waals surface area contributed by atoms with Crippen molar-refractivity contribution >= 4 is 5.78 Å². The molecule has 0 amide bonds. The number of aliphatic hydroxyl groups is 1. The summed E-state index contributed by atoms with van der Waals surface area (Å²) in [7, 11) is 0. The molecule has 0 saturated heterocycles. The Morgan fingerprint density at radius 3 is 3.04 bits per heavy atom. The molecule has 3 aromatic heterocycles. The maximum Gasteiger partial charge on any atom is 0.252 e. The van der Waals surface area contributed by atoms with Crippen LogP contribution in [0.25, 0.3) is 5.78 Å². The van der Waals surface area contributed by atoms with Crippen molar-refractivity contribution in [3.05, 3.63) is 41.7 Å². The van der Waals surface area contributed by atoms with Crippen LogP contribution in [0, 0.1) is 0 Å². The number of hydrogen-bond donors (Lipinski definition) is 1. The van der Waals surface area contributed by atoms with E-state index in [0.717, 1.165) is 43.3 Å². The van der Waals surface area contributed by atoms with Crippen LogP contribution in [0.5, 0.6) is 0 Å². The van der Waals surface area contributed by atoms with Gasteiger partial charge in [-0.15, -0.1) is 5.10 Å². The van der Waals surface area contributed by atoms with E-state index in [1.54, 1.807) is 17.6 Å². The minimum absolute atomic E-state index is 0.533. The summed E-state index contributed by atoms with van der Waals surface area (Å²) in [6, 6.07) is 3.83. The Labute approximate surface area is 133 Å². The molecule has 1 atom stereocenters. The van der Waals surface area contributed by atoms with E-state index in [2.05, 4.69) is 25.1 Å². The van der Waals surface area contributed by atoms with Crippen molar-refractivity contribution in [1.29, 1.82) is 0 Å². The third-order valence-corrected chi connectivity index (χ3v) is 4.07. The van der Waals surface area contributed by atoms with Gasteiger partial charge in [0.15, 0.2) is 5.82 Å². The van der Waals surface area contributed by atoms with Gasteiger partial charge in [-0.3, -0.25) is 9.58 Å². The molecule has 3 aromatic rings. The number of aromatic nitrogens is 6. The average Bonchev–Trinajstić information content (AvgIpc) is 3.06. The fourth-order valence-electron chi connectivity index (χ4n) is 2.93. The van der Waals surface area contributed by atoms with E-state index in [9.17, 15) is 5.11 Å². The van der Waals surface area contributed by atoms with Gasteiger partial charge in [0.25, 0.3) is 5.78 Å². The fraction of sp³-hybridized carbons (Fsp3) is 0.467. The predicted molar refractivity (Wildman–Crippen MR) is 82.4 cm³/mol. The Hall–Kier alpha value is -2.32. The number of nitrogens with zero attached hydrogens (tertiary/aromatic N) is 7. The molecule has 4 heterocycles. The van der Waals surface area contributed by atoms with Gasteiger partial charge in [-0.1, -0.05) is 0 Å². The van der Waals surface area contributed by atoms with Crippen LogP contribution >= 0.6 is 0 Å². The molecular weight excluding hydrogens is 294 g/mol. The molecule has 0 aromatic carbocycles. The molecule has 0 saturated carbocycles. The summed E-state index contributed by atoms with van der Waals surface area (Å²) in [6.07, 6.45) is 4.05. The summed E-state index contributed by atoms with van der Waals surface area (Å²) < 4.78 is 3.70. The smallest absolute Gasteiger partial charge is 0.252 e. The number of fused-ring (bicyclic) bond motifs is 2. The molecule has 1 aliphatic rings. The largest absolute Gasteiger partial charge is 0.387 e. The highest BCUT2D eigenvalue weighted by molar-refractivity contribution is 5.24. The van der Waals surface area contributed by atoms with Crippen LogP contribution < -0.4 is 0 Å². The molecule has 0 spiro atoms. The van der Waals surface area contributed by atoms with Crippen molar-refractivity contribution in [3.8, 4) is 0 Å². The second kappa shape index (κ2) is 5.71. The van der Waals surface area contributed by atoms with Gasteiger partial charge in [-0.05, 0) is 25.5 Å². The lowest BCUT2D eigenvalue weighted by Crippen LogP contribution is -2.23. The molecule has 1 N–H and O–H groups in total. The quantitative estimate of drug-likeness (QED) is 0.769. The molecule has 0 radical (unpaired) electrons.